The van der Waals surface area contributed by atoms with Crippen molar-refractivity contribution in [1.29, 1.82) is 0 Å². The largest absolute Gasteiger partial charge is 0.431 e. The Balaban J connectivity index is 2.35. The van der Waals surface area contributed by atoms with Gasteiger partial charge in [-0.15, -0.1) is 0 Å². The number of benzene rings is 1. The Labute approximate surface area is 130 Å². The van der Waals surface area contributed by atoms with E-state index in [1.54, 1.807) is 6.07 Å². The normalized spacial score (nSPS) is 10.7. The second kappa shape index (κ2) is 5.41. The van der Waals surface area contributed by atoms with E-state index in [-0.39, 0.29) is 17.1 Å². The fourth-order valence-corrected chi connectivity index (χ4v) is 2.30. The van der Waals surface area contributed by atoms with Crippen LogP contribution in [0.15, 0.2) is 43.6 Å². The van der Waals surface area contributed by atoms with Crippen molar-refractivity contribution in [3.63, 3.8) is 0 Å². The van der Waals surface area contributed by atoms with Gasteiger partial charge in [0.25, 0.3) is 0 Å². The smallest absolute Gasteiger partial charge is 0.345 e. The summed E-state index contributed by atoms with van der Waals surface area (Å²) in [6.45, 7) is 3.35. The Morgan fingerprint density at radius 3 is 2.87 bits per heavy atom. The first-order chi connectivity index (χ1) is 11.0. The highest BCUT2D eigenvalue weighted by atomic mass is 19.1. The predicted molar refractivity (Wildman–Crippen MR) is 82.8 cm³/mol. The summed E-state index contributed by atoms with van der Waals surface area (Å²) in [6.07, 6.45) is 3.69. The van der Waals surface area contributed by atoms with E-state index in [0.717, 1.165) is 6.26 Å². The van der Waals surface area contributed by atoms with E-state index in [1.807, 2.05) is 0 Å². The molecule has 0 saturated carbocycles. The Morgan fingerprint density at radius 2 is 2.17 bits per heavy atom. The van der Waals surface area contributed by atoms with Crippen LogP contribution in [0.3, 0.4) is 0 Å². The molecule has 3 aromatic rings. The summed E-state index contributed by atoms with van der Waals surface area (Å²) in [5.74, 6) is -1.14. The molecule has 0 radical (unpaired) electrons. The number of anilines is 2. The lowest BCUT2D eigenvalue weighted by Crippen LogP contribution is -2.01. The van der Waals surface area contributed by atoms with Crippen LogP contribution >= 0.6 is 0 Å². The number of carbonyl (C=O) groups is 1. The first-order valence-corrected chi connectivity index (χ1v) is 6.52. The van der Waals surface area contributed by atoms with Gasteiger partial charge in [-0.3, -0.25) is 0 Å². The molecule has 1 aromatic carbocycles. The molecule has 7 nitrogen and oxygen atoms in total. The minimum atomic E-state index is -0.669. The topological polar surface area (TPSA) is 109 Å². The van der Waals surface area contributed by atoms with Gasteiger partial charge in [-0.2, -0.15) is 5.10 Å². The SMILES string of the molecule is C=COC(=O)c1cn2ncnc(N)c2c1-c1ccc(N)c(F)c1. The van der Waals surface area contributed by atoms with Crippen molar-refractivity contribution >= 4 is 23.0 Å². The maximum Gasteiger partial charge on any atom is 0.345 e. The van der Waals surface area contributed by atoms with Gasteiger partial charge in [-0.05, 0) is 17.7 Å². The van der Waals surface area contributed by atoms with E-state index in [1.165, 1.54) is 29.2 Å². The third kappa shape index (κ3) is 2.35. The Bertz CT molecular complexity index is 935. The molecule has 0 amide bonds. The lowest BCUT2D eigenvalue weighted by molar-refractivity contribution is 0.0665. The molecule has 0 saturated heterocycles. The maximum atomic E-state index is 13.8. The van der Waals surface area contributed by atoms with Crippen molar-refractivity contribution in [2.45, 2.75) is 0 Å². The molecule has 2 aromatic heterocycles. The van der Waals surface area contributed by atoms with E-state index >= 15 is 0 Å². The second-order valence-electron chi connectivity index (χ2n) is 4.66. The average molecular weight is 313 g/mol. The molecule has 0 spiro atoms. The molecule has 8 heteroatoms. The Kier molecular flexibility index (Phi) is 3.41. The predicted octanol–water partition coefficient (Wildman–Crippen LogP) is 2.00. The van der Waals surface area contributed by atoms with Gasteiger partial charge in [0.2, 0.25) is 0 Å². The number of nitrogen functional groups attached to an aromatic ring is 2. The van der Waals surface area contributed by atoms with Crippen LogP contribution in [-0.4, -0.2) is 20.6 Å². The van der Waals surface area contributed by atoms with Crippen LogP contribution in [-0.2, 0) is 4.74 Å². The molecule has 0 unspecified atom stereocenters. The molecule has 3 rings (SSSR count). The Morgan fingerprint density at radius 1 is 1.39 bits per heavy atom. The number of nitrogens with zero attached hydrogens (tertiary/aromatic N) is 3. The van der Waals surface area contributed by atoms with Crippen LogP contribution in [0.4, 0.5) is 15.9 Å². The molecule has 0 fully saturated rings. The van der Waals surface area contributed by atoms with Crippen molar-refractivity contribution in [1.82, 2.24) is 14.6 Å². The highest BCUT2D eigenvalue weighted by molar-refractivity contribution is 6.05. The summed E-state index contributed by atoms with van der Waals surface area (Å²) in [7, 11) is 0. The lowest BCUT2D eigenvalue weighted by atomic mass is 10.0. The van der Waals surface area contributed by atoms with Gasteiger partial charge in [-0.1, -0.05) is 12.6 Å². The van der Waals surface area contributed by atoms with E-state index < -0.39 is 11.8 Å². The zero-order valence-electron chi connectivity index (χ0n) is 11.9. The fourth-order valence-electron chi connectivity index (χ4n) is 2.30. The molecular formula is C15H12FN5O2. The minimum absolute atomic E-state index is 0.00305. The molecule has 0 aliphatic carbocycles. The summed E-state index contributed by atoms with van der Waals surface area (Å²) >= 11 is 0. The van der Waals surface area contributed by atoms with Gasteiger partial charge in [0.1, 0.15) is 17.7 Å². The first-order valence-electron chi connectivity index (χ1n) is 6.52. The van der Waals surface area contributed by atoms with Gasteiger partial charge in [-0.25, -0.2) is 18.7 Å². The van der Waals surface area contributed by atoms with Gasteiger partial charge in [0, 0.05) is 11.8 Å². The van der Waals surface area contributed by atoms with E-state index in [4.69, 9.17) is 16.2 Å². The highest BCUT2D eigenvalue weighted by Crippen LogP contribution is 2.34. The van der Waals surface area contributed by atoms with Crippen LogP contribution in [0, 0.1) is 5.82 Å². The number of nitrogens with two attached hydrogens (primary N) is 2. The van der Waals surface area contributed by atoms with E-state index in [2.05, 4.69) is 16.7 Å². The summed E-state index contributed by atoms with van der Waals surface area (Å²) in [5.41, 5.74) is 12.7. The van der Waals surface area contributed by atoms with Gasteiger partial charge in [0.15, 0.2) is 5.82 Å². The molecule has 0 atom stereocenters. The second-order valence-corrected chi connectivity index (χ2v) is 4.66. The number of aromatic nitrogens is 3. The Hall–Kier alpha value is -3.42. The van der Waals surface area contributed by atoms with Crippen LogP contribution in [0.25, 0.3) is 16.6 Å². The van der Waals surface area contributed by atoms with Gasteiger partial charge < -0.3 is 16.2 Å². The molecule has 0 bridgehead atoms. The van der Waals surface area contributed by atoms with Gasteiger partial charge in [0.05, 0.1) is 17.5 Å². The number of esters is 1. The number of rotatable bonds is 3. The molecule has 2 heterocycles. The van der Waals surface area contributed by atoms with Crippen molar-refractivity contribution < 1.29 is 13.9 Å². The monoisotopic (exact) mass is 313 g/mol. The summed E-state index contributed by atoms with van der Waals surface area (Å²) in [6, 6.07) is 4.18. The summed E-state index contributed by atoms with van der Waals surface area (Å²) in [4.78, 5) is 16.1. The first kappa shape index (κ1) is 14.5. The fraction of sp³-hybridized carbons (Fsp3) is 0. The van der Waals surface area contributed by atoms with E-state index in [0.29, 0.717) is 16.6 Å². The van der Waals surface area contributed by atoms with E-state index in [9.17, 15) is 9.18 Å². The average Bonchev–Trinajstić information content (AvgIpc) is 2.91. The minimum Gasteiger partial charge on any atom is -0.431 e. The lowest BCUT2D eigenvalue weighted by Gasteiger charge is -2.06. The van der Waals surface area contributed by atoms with Crippen LogP contribution in [0.1, 0.15) is 10.4 Å². The van der Waals surface area contributed by atoms with Gasteiger partial charge >= 0.3 is 5.97 Å². The standard InChI is InChI=1S/C15H12FN5O2/c1-2-23-15(22)9-6-21-13(14(18)19-7-20-21)12(9)8-3-4-11(17)10(16)5-8/h2-7H,1,17H2,(H2,18,19,20). The molecule has 23 heavy (non-hydrogen) atoms. The van der Waals surface area contributed by atoms with Crippen molar-refractivity contribution in [2.75, 3.05) is 11.5 Å². The summed E-state index contributed by atoms with van der Waals surface area (Å²) < 4.78 is 20.0. The molecular weight excluding hydrogens is 301 g/mol. The third-order valence-corrected chi connectivity index (χ3v) is 3.30. The van der Waals surface area contributed by atoms with Crippen molar-refractivity contribution in [2.24, 2.45) is 0 Å². The van der Waals surface area contributed by atoms with Crippen LogP contribution in [0.2, 0.25) is 0 Å². The molecule has 4 N–H and O–H groups in total. The number of fused-ring (bicyclic) bond motifs is 1. The molecule has 116 valence electrons. The number of halogens is 1. The number of carbonyl (C=O) groups excluding carboxylic acids is 1. The zero-order chi connectivity index (χ0) is 16.6. The number of hydrogen-bond acceptors (Lipinski definition) is 6. The summed E-state index contributed by atoms with van der Waals surface area (Å²) in [5, 5.41) is 4.00. The van der Waals surface area contributed by atoms with Crippen LogP contribution in [0.5, 0.6) is 0 Å². The number of hydrogen-bond donors (Lipinski definition) is 2. The third-order valence-electron chi connectivity index (χ3n) is 3.30. The van der Waals surface area contributed by atoms with Crippen LogP contribution < -0.4 is 11.5 Å². The maximum absolute atomic E-state index is 13.8. The number of ether oxygens (including phenoxy) is 1. The van der Waals surface area contributed by atoms with Crippen molar-refractivity contribution in [3.8, 4) is 11.1 Å². The quantitative estimate of drug-likeness (QED) is 0.435. The zero-order valence-corrected chi connectivity index (χ0v) is 11.9. The van der Waals surface area contributed by atoms with Crippen molar-refractivity contribution in [3.05, 3.63) is 54.9 Å². The molecule has 0 aliphatic heterocycles. The molecule has 0 aliphatic rings. The highest BCUT2D eigenvalue weighted by Gasteiger charge is 2.22.